The van der Waals surface area contributed by atoms with Crippen molar-refractivity contribution in [3.05, 3.63) is 95.7 Å². The smallest absolute Gasteiger partial charge is 0.176 e. The molecule has 0 saturated heterocycles. The molecule has 0 aliphatic carbocycles. The summed E-state index contributed by atoms with van der Waals surface area (Å²) in [4.78, 5) is 0. The summed E-state index contributed by atoms with van der Waals surface area (Å²) >= 11 is 0. The first-order valence-electron chi connectivity index (χ1n) is 8.76. The summed E-state index contributed by atoms with van der Waals surface area (Å²) in [6.45, 7) is 0.506. The van der Waals surface area contributed by atoms with E-state index in [0.717, 1.165) is 22.3 Å². The highest BCUT2D eigenvalue weighted by molar-refractivity contribution is 5.83. The number of furan rings is 1. The van der Waals surface area contributed by atoms with Gasteiger partial charge < -0.3 is 19.0 Å². The van der Waals surface area contributed by atoms with Crippen molar-refractivity contribution in [3.8, 4) is 11.5 Å². The van der Waals surface area contributed by atoms with Gasteiger partial charge in [0, 0.05) is 5.39 Å². The zero-order valence-corrected chi connectivity index (χ0v) is 15.0. The predicted octanol–water partition coefficient (Wildman–Crippen LogP) is 5.10. The Labute approximate surface area is 157 Å². The zero-order valence-electron chi connectivity index (χ0n) is 15.0. The van der Waals surface area contributed by atoms with E-state index < -0.39 is 6.10 Å². The average Bonchev–Trinajstić information content (AvgIpc) is 3.17. The second kappa shape index (κ2) is 7.56. The minimum Gasteiger partial charge on any atom is -0.493 e. The van der Waals surface area contributed by atoms with Gasteiger partial charge in [-0.25, -0.2) is 0 Å². The molecule has 0 amide bonds. The summed E-state index contributed by atoms with van der Waals surface area (Å²) in [5, 5.41) is 11.6. The molecule has 0 radical (unpaired) electrons. The van der Waals surface area contributed by atoms with Crippen molar-refractivity contribution < 1.29 is 19.0 Å². The van der Waals surface area contributed by atoms with Gasteiger partial charge >= 0.3 is 0 Å². The van der Waals surface area contributed by atoms with Gasteiger partial charge in [-0.1, -0.05) is 54.6 Å². The maximum Gasteiger partial charge on any atom is 0.176 e. The van der Waals surface area contributed by atoms with Gasteiger partial charge in [0.05, 0.1) is 7.11 Å². The lowest BCUT2D eigenvalue weighted by Gasteiger charge is -2.10. The molecule has 4 rings (SSSR count). The number of rotatable bonds is 6. The first kappa shape index (κ1) is 17.2. The van der Waals surface area contributed by atoms with Crippen LogP contribution in [-0.2, 0) is 6.61 Å². The van der Waals surface area contributed by atoms with Crippen LogP contribution >= 0.6 is 0 Å². The van der Waals surface area contributed by atoms with Crippen LogP contribution in [0.3, 0.4) is 0 Å². The van der Waals surface area contributed by atoms with Crippen LogP contribution in [0.5, 0.6) is 11.5 Å². The van der Waals surface area contributed by atoms with Crippen LogP contribution in [0, 0.1) is 0 Å². The van der Waals surface area contributed by atoms with Gasteiger partial charge in [0.1, 0.15) is 24.2 Å². The van der Waals surface area contributed by atoms with Gasteiger partial charge in [0.15, 0.2) is 11.3 Å². The molecule has 0 bridgehead atoms. The second-order valence-electron chi connectivity index (χ2n) is 6.27. The Morgan fingerprint density at radius 1 is 0.926 bits per heavy atom. The normalized spacial score (nSPS) is 12.1. The number of hydrogen-bond acceptors (Lipinski definition) is 4. The molecule has 0 spiro atoms. The number of aliphatic hydroxyl groups is 1. The molecule has 4 heteroatoms. The molecule has 1 aromatic heterocycles. The monoisotopic (exact) mass is 360 g/mol. The summed E-state index contributed by atoms with van der Waals surface area (Å²) in [6, 6.07) is 24.9. The van der Waals surface area contributed by atoms with Gasteiger partial charge in [0.2, 0.25) is 0 Å². The van der Waals surface area contributed by atoms with Gasteiger partial charge in [-0.2, -0.15) is 0 Å². The van der Waals surface area contributed by atoms with E-state index in [0.29, 0.717) is 23.7 Å². The topological polar surface area (TPSA) is 51.8 Å². The Morgan fingerprint density at radius 2 is 1.70 bits per heavy atom. The molecule has 136 valence electrons. The maximum atomic E-state index is 10.7. The molecular formula is C23H20O4. The fourth-order valence-electron chi connectivity index (χ4n) is 3.00. The third-order valence-corrected chi connectivity index (χ3v) is 4.46. The van der Waals surface area contributed by atoms with Crippen LogP contribution in [0.1, 0.15) is 23.0 Å². The molecule has 1 atom stereocenters. The lowest BCUT2D eigenvalue weighted by molar-refractivity contribution is 0.191. The van der Waals surface area contributed by atoms with Crippen LogP contribution in [-0.4, -0.2) is 12.2 Å². The number of ether oxygens (including phenoxy) is 2. The van der Waals surface area contributed by atoms with Crippen LogP contribution in [0.25, 0.3) is 11.0 Å². The van der Waals surface area contributed by atoms with Crippen molar-refractivity contribution in [2.45, 2.75) is 12.7 Å². The number of fused-ring (bicyclic) bond motifs is 1. The summed E-state index contributed by atoms with van der Waals surface area (Å²) in [7, 11) is 1.60. The third-order valence-electron chi connectivity index (χ3n) is 4.46. The molecule has 0 aliphatic heterocycles. The number of hydrogen-bond donors (Lipinski definition) is 1. The van der Waals surface area contributed by atoms with E-state index in [-0.39, 0.29) is 0 Å². The molecular weight excluding hydrogens is 340 g/mol. The molecule has 1 heterocycles. The molecule has 4 nitrogen and oxygen atoms in total. The highest BCUT2D eigenvalue weighted by atomic mass is 16.5. The van der Waals surface area contributed by atoms with Crippen LogP contribution in [0.2, 0.25) is 0 Å². The van der Waals surface area contributed by atoms with E-state index in [1.807, 2.05) is 78.9 Å². The number of aliphatic hydroxyl groups excluding tert-OH is 1. The minimum atomic E-state index is -0.856. The number of para-hydroxylation sites is 1. The lowest BCUT2D eigenvalue weighted by Crippen LogP contribution is -1.99. The van der Waals surface area contributed by atoms with Gasteiger partial charge in [0.25, 0.3) is 0 Å². The summed E-state index contributed by atoms with van der Waals surface area (Å²) in [5.74, 6) is 1.88. The fraction of sp³-hybridized carbons (Fsp3) is 0.130. The molecule has 0 unspecified atom stereocenters. The SMILES string of the molecule is COc1cccc2cc([C@H](O)c3ccc(OCc4ccccc4)cc3)oc12. The van der Waals surface area contributed by atoms with Gasteiger partial charge in [-0.15, -0.1) is 0 Å². The van der Waals surface area contributed by atoms with E-state index >= 15 is 0 Å². The molecule has 3 aromatic carbocycles. The van der Waals surface area contributed by atoms with Crippen molar-refractivity contribution in [2.75, 3.05) is 7.11 Å². The summed E-state index contributed by atoms with van der Waals surface area (Å²) in [5.41, 5.74) is 2.48. The molecule has 4 aromatic rings. The Hall–Kier alpha value is -3.24. The maximum absolute atomic E-state index is 10.7. The Balaban J connectivity index is 1.50. The van der Waals surface area contributed by atoms with Gasteiger partial charge in [-0.05, 0) is 35.4 Å². The Morgan fingerprint density at radius 3 is 2.44 bits per heavy atom. The molecule has 1 N–H and O–H groups in total. The first-order valence-corrected chi connectivity index (χ1v) is 8.76. The quantitative estimate of drug-likeness (QED) is 0.520. The van der Waals surface area contributed by atoms with Crippen molar-refractivity contribution in [1.82, 2.24) is 0 Å². The molecule has 0 fully saturated rings. The average molecular weight is 360 g/mol. The standard InChI is InChI=1S/C23H20O4/c1-25-20-9-5-8-18-14-21(27-23(18)20)22(24)17-10-12-19(13-11-17)26-15-16-6-3-2-4-7-16/h2-14,22,24H,15H2,1H3/t22-/m1/s1. The lowest BCUT2D eigenvalue weighted by atomic mass is 10.1. The van der Waals surface area contributed by atoms with E-state index in [4.69, 9.17) is 13.9 Å². The van der Waals surface area contributed by atoms with Crippen LogP contribution in [0.4, 0.5) is 0 Å². The fourth-order valence-corrected chi connectivity index (χ4v) is 3.00. The van der Waals surface area contributed by atoms with Crippen molar-refractivity contribution >= 4 is 11.0 Å². The van der Waals surface area contributed by atoms with Crippen molar-refractivity contribution in [1.29, 1.82) is 0 Å². The van der Waals surface area contributed by atoms with Crippen LogP contribution in [0.15, 0.2) is 83.3 Å². The summed E-state index contributed by atoms with van der Waals surface area (Å²) in [6.07, 6.45) is -0.856. The zero-order chi connectivity index (χ0) is 18.6. The molecule has 0 saturated carbocycles. The summed E-state index contributed by atoms with van der Waals surface area (Å²) < 4.78 is 16.9. The van der Waals surface area contributed by atoms with E-state index in [2.05, 4.69) is 0 Å². The Kier molecular flexibility index (Phi) is 4.81. The second-order valence-corrected chi connectivity index (χ2v) is 6.27. The molecule has 27 heavy (non-hydrogen) atoms. The highest BCUT2D eigenvalue weighted by Crippen LogP contribution is 2.33. The number of benzene rings is 3. The predicted molar refractivity (Wildman–Crippen MR) is 104 cm³/mol. The first-order chi connectivity index (χ1) is 13.2. The van der Waals surface area contributed by atoms with E-state index in [9.17, 15) is 5.11 Å². The minimum absolute atomic E-state index is 0.479. The van der Waals surface area contributed by atoms with Crippen molar-refractivity contribution in [2.24, 2.45) is 0 Å². The van der Waals surface area contributed by atoms with Gasteiger partial charge in [-0.3, -0.25) is 0 Å². The largest absolute Gasteiger partial charge is 0.493 e. The highest BCUT2D eigenvalue weighted by Gasteiger charge is 2.17. The number of methoxy groups -OCH3 is 1. The van der Waals surface area contributed by atoms with Crippen LogP contribution < -0.4 is 9.47 Å². The van der Waals surface area contributed by atoms with Crippen molar-refractivity contribution in [3.63, 3.8) is 0 Å². The van der Waals surface area contributed by atoms with E-state index in [1.165, 1.54) is 0 Å². The Bertz CT molecular complexity index is 1020. The third kappa shape index (κ3) is 3.66. The van der Waals surface area contributed by atoms with E-state index in [1.54, 1.807) is 7.11 Å². The molecule has 0 aliphatic rings.